The van der Waals surface area contributed by atoms with Crippen molar-refractivity contribution in [3.05, 3.63) is 53.8 Å². The Morgan fingerprint density at radius 3 is 2.40 bits per heavy atom. The van der Waals surface area contributed by atoms with E-state index >= 15 is 0 Å². The molecule has 4 nitrogen and oxygen atoms in total. The van der Waals surface area contributed by atoms with Crippen molar-refractivity contribution in [1.29, 1.82) is 0 Å². The summed E-state index contributed by atoms with van der Waals surface area (Å²) in [5.74, 6) is 1.46. The molecule has 0 spiro atoms. The second-order valence-electron chi connectivity index (χ2n) is 5.50. The van der Waals surface area contributed by atoms with Gasteiger partial charge in [-0.1, -0.05) is 6.07 Å². The van der Waals surface area contributed by atoms with Crippen molar-refractivity contribution in [3.63, 3.8) is 0 Å². The fourth-order valence-corrected chi connectivity index (χ4v) is 3.08. The van der Waals surface area contributed by atoms with E-state index in [2.05, 4.69) is 0 Å². The van der Waals surface area contributed by atoms with E-state index in [0.717, 1.165) is 16.9 Å². The molecule has 0 aliphatic rings. The summed E-state index contributed by atoms with van der Waals surface area (Å²) in [6, 6.07) is 11.9. The third kappa shape index (κ3) is 5.67. The SMILES string of the molecule is COc1ccc(CCN(C)C(=O)CSc2ccc(F)cc2)cc1OC. The molecule has 2 aromatic carbocycles. The van der Waals surface area contributed by atoms with Crippen LogP contribution < -0.4 is 9.47 Å². The normalized spacial score (nSPS) is 10.4. The number of benzene rings is 2. The fourth-order valence-electron chi connectivity index (χ4n) is 2.24. The monoisotopic (exact) mass is 363 g/mol. The van der Waals surface area contributed by atoms with Gasteiger partial charge in [-0.05, 0) is 48.4 Å². The van der Waals surface area contributed by atoms with Gasteiger partial charge in [0.25, 0.3) is 0 Å². The third-order valence-corrected chi connectivity index (χ3v) is 4.78. The maximum atomic E-state index is 12.9. The highest BCUT2D eigenvalue weighted by atomic mass is 32.2. The molecular formula is C19H22FNO3S. The maximum Gasteiger partial charge on any atom is 0.232 e. The molecule has 0 unspecified atom stereocenters. The number of carbonyl (C=O) groups excluding carboxylic acids is 1. The number of carbonyl (C=O) groups is 1. The number of halogens is 1. The summed E-state index contributed by atoms with van der Waals surface area (Å²) in [7, 11) is 4.99. The lowest BCUT2D eigenvalue weighted by molar-refractivity contribution is -0.127. The van der Waals surface area contributed by atoms with Crippen molar-refractivity contribution >= 4 is 17.7 Å². The van der Waals surface area contributed by atoms with Gasteiger partial charge in [-0.3, -0.25) is 4.79 Å². The van der Waals surface area contributed by atoms with Gasteiger partial charge in [0.15, 0.2) is 11.5 Å². The second-order valence-corrected chi connectivity index (χ2v) is 6.55. The van der Waals surface area contributed by atoms with Gasteiger partial charge in [0.2, 0.25) is 5.91 Å². The standard InChI is InChI=1S/C19H22FNO3S/c1-21(19(22)13-25-16-7-5-15(20)6-8-16)11-10-14-4-9-17(23-2)18(12-14)24-3/h4-9,12H,10-11,13H2,1-3H3. The summed E-state index contributed by atoms with van der Waals surface area (Å²) >= 11 is 1.40. The van der Waals surface area contributed by atoms with E-state index in [4.69, 9.17) is 9.47 Å². The minimum absolute atomic E-state index is 0.0369. The predicted molar refractivity (Wildman–Crippen MR) is 98.0 cm³/mol. The molecule has 2 rings (SSSR count). The molecule has 0 N–H and O–H groups in total. The number of amides is 1. The molecule has 0 radical (unpaired) electrons. The molecule has 6 heteroatoms. The minimum atomic E-state index is -0.275. The lowest BCUT2D eigenvalue weighted by Gasteiger charge is -2.17. The lowest BCUT2D eigenvalue weighted by atomic mass is 10.1. The number of thioether (sulfide) groups is 1. The zero-order valence-electron chi connectivity index (χ0n) is 14.6. The van der Waals surface area contributed by atoms with Crippen molar-refractivity contribution in [3.8, 4) is 11.5 Å². The molecule has 134 valence electrons. The van der Waals surface area contributed by atoms with Gasteiger partial charge in [0.1, 0.15) is 5.82 Å². The van der Waals surface area contributed by atoms with E-state index in [-0.39, 0.29) is 11.7 Å². The van der Waals surface area contributed by atoms with E-state index in [1.165, 1.54) is 23.9 Å². The van der Waals surface area contributed by atoms with Crippen LogP contribution in [0.3, 0.4) is 0 Å². The first-order chi connectivity index (χ1) is 12.0. The predicted octanol–water partition coefficient (Wildman–Crippen LogP) is 3.64. The van der Waals surface area contributed by atoms with Crippen molar-refractivity contribution in [2.24, 2.45) is 0 Å². The Morgan fingerprint density at radius 2 is 1.76 bits per heavy atom. The number of hydrogen-bond donors (Lipinski definition) is 0. The molecule has 0 saturated carbocycles. The van der Waals surface area contributed by atoms with Crippen LogP contribution in [0.25, 0.3) is 0 Å². The van der Waals surface area contributed by atoms with Crippen LogP contribution in [-0.4, -0.2) is 44.4 Å². The Kier molecular flexibility index (Phi) is 7.13. The molecule has 0 aliphatic heterocycles. The van der Waals surface area contributed by atoms with E-state index in [1.54, 1.807) is 38.3 Å². The molecule has 1 amide bonds. The van der Waals surface area contributed by atoms with Gasteiger partial charge in [0.05, 0.1) is 20.0 Å². The number of ether oxygens (including phenoxy) is 2. The summed E-state index contributed by atoms with van der Waals surface area (Å²) in [6.45, 7) is 0.609. The van der Waals surface area contributed by atoms with Gasteiger partial charge in [-0.15, -0.1) is 11.8 Å². The van der Waals surface area contributed by atoms with Crippen molar-refractivity contribution < 1.29 is 18.7 Å². The first-order valence-electron chi connectivity index (χ1n) is 7.86. The van der Waals surface area contributed by atoms with E-state index in [9.17, 15) is 9.18 Å². The first kappa shape index (κ1) is 19.1. The summed E-state index contributed by atoms with van der Waals surface area (Å²) in [5.41, 5.74) is 1.07. The maximum absolute atomic E-state index is 12.9. The number of nitrogens with zero attached hydrogens (tertiary/aromatic N) is 1. The first-order valence-corrected chi connectivity index (χ1v) is 8.85. The summed E-state index contributed by atoms with van der Waals surface area (Å²) < 4.78 is 23.4. The molecule has 0 heterocycles. The number of likely N-dealkylation sites (N-methyl/N-ethyl adjacent to an activating group) is 1. The highest BCUT2D eigenvalue weighted by Crippen LogP contribution is 2.27. The zero-order valence-corrected chi connectivity index (χ0v) is 15.4. The van der Waals surface area contributed by atoms with Crippen LogP contribution >= 0.6 is 11.8 Å². The highest BCUT2D eigenvalue weighted by molar-refractivity contribution is 8.00. The minimum Gasteiger partial charge on any atom is -0.493 e. The summed E-state index contributed by atoms with van der Waals surface area (Å²) in [5, 5.41) is 0. The molecule has 0 bridgehead atoms. The van der Waals surface area contributed by atoms with Crippen LogP contribution in [0.4, 0.5) is 4.39 Å². The smallest absolute Gasteiger partial charge is 0.232 e. The van der Waals surface area contributed by atoms with Gasteiger partial charge in [-0.25, -0.2) is 4.39 Å². The highest BCUT2D eigenvalue weighted by Gasteiger charge is 2.11. The molecule has 2 aromatic rings. The van der Waals surface area contributed by atoms with Crippen molar-refractivity contribution in [2.75, 3.05) is 33.6 Å². The van der Waals surface area contributed by atoms with Crippen LogP contribution in [0.5, 0.6) is 11.5 Å². The molecule has 0 fully saturated rings. The van der Waals surface area contributed by atoms with Crippen LogP contribution in [0, 0.1) is 5.82 Å². The number of rotatable bonds is 8. The Bertz CT molecular complexity index is 706. The van der Waals surface area contributed by atoms with Crippen LogP contribution in [0.1, 0.15) is 5.56 Å². The van der Waals surface area contributed by atoms with Crippen LogP contribution in [0.15, 0.2) is 47.4 Å². The molecule has 0 atom stereocenters. The molecule has 0 aliphatic carbocycles. The average Bonchev–Trinajstić information content (AvgIpc) is 2.65. The fraction of sp³-hybridized carbons (Fsp3) is 0.316. The quantitative estimate of drug-likeness (QED) is 0.672. The van der Waals surface area contributed by atoms with E-state index < -0.39 is 0 Å². The lowest BCUT2D eigenvalue weighted by Crippen LogP contribution is -2.30. The van der Waals surface area contributed by atoms with Gasteiger partial charge in [-0.2, -0.15) is 0 Å². The molecule has 0 saturated heterocycles. The number of methoxy groups -OCH3 is 2. The van der Waals surface area contributed by atoms with E-state index in [0.29, 0.717) is 23.8 Å². The topological polar surface area (TPSA) is 38.8 Å². The van der Waals surface area contributed by atoms with Crippen LogP contribution in [-0.2, 0) is 11.2 Å². The van der Waals surface area contributed by atoms with Gasteiger partial charge < -0.3 is 14.4 Å². The molecule has 0 aromatic heterocycles. The number of hydrogen-bond acceptors (Lipinski definition) is 4. The zero-order chi connectivity index (χ0) is 18.2. The second kappa shape index (κ2) is 9.32. The Balaban J connectivity index is 1.83. The van der Waals surface area contributed by atoms with Crippen molar-refractivity contribution in [2.45, 2.75) is 11.3 Å². The van der Waals surface area contributed by atoms with Gasteiger partial charge in [0, 0.05) is 18.5 Å². The molecular weight excluding hydrogens is 341 g/mol. The largest absolute Gasteiger partial charge is 0.493 e. The van der Waals surface area contributed by atoms with Crippen LogP contribution in [0.2, 0.25) is 0 Å². The third-order valence-electron chi connectivity index (χ3n) is 3.79. The summed E-state index contributed by atoms with van der Waals surface area (Å²) in [6.07, 6.45) is 0.726. The molecule has 25 heavy (non-hydrogen) atoms. The van der Waals surface area contributed by atoms with Gasteiger partial charge >= 0.3 is 0 Å². The Morgan fingerprint density at radius 1 is 1.08 bits per heavy atom. The average molecular weight is 363 g/mol. The van der Waals surface area contributed by atoms with E-state index in [1.807, 2.05) is 18.2 Å². The Labute approximate surface area is 151 Å². The summed E-state index contributed by atoms with van der Waals surface area (Å²) in [4.78, 5) is 14.8. The van der Waals surface area contributed by atoms with Crippen molar-refractivity contribution in [1.82, 2.24) is 4.90 Å². The Hall–Kier alpha value is -2.21.